The average molecular weight is 393 g/mol. The van der Waals surface area contributed by atoms with Gasteiger partial charge < -0.3 is 51.8 Å². The molecular weight excluding hydrogens is 358 g/mol. The minimum atomic E-state index is -1.38. The van der Waals surface area contributed by atoms with E-state index in [-0.39, 0.29) is 6.04 Å². The van der Waals surface area contributed by atoms with Crippen molar-refractivity contribution >= 4 is 0 Å². The van der Waals surface area contributed by atoms with Gasteiger partial charge in [-0.3, -0.25) is 0 Å². The van der Waals surface area contributed by atoms with Crippen molar-refractivity contribution in [3.05, 3.63) is 0 Å². The van der Waals surface area contributed by atoms with E-state index in [2.05, 4.69) is 5.32 Å². The van der Waals surface area contributed by atoms with Crippen LogP contribution in [0.4, 0.5) is 0 Å². The zero-order valence-corrected chi connectivity index (χ0v) is 16.0. The predicted molar refractivity (Wildman–Crippen MR) is 96.4 cm³/mol. The molecule has 160 valence electrons. The highest BCUT2D eigenvalue weighted by Gasteiger charge is 2.49. The second-order valence-electron chi connectivity index (χ2n) is 8.16. The van der Waals surface area contributed by atoms with Gasteiger partial charge in [0.1, 0.15) is 30.5 Å². The standard InChI is InChI=1S/C17H35N3O7/c1-6(2)5-20-9-4-8(18)16(13(24)11(9)22)27-17-10(19)12(23)14(25)15(26-17)7(3)21/h6-17,20-25H,4-5,18-19H2,1-3H3/t7?,8?,9?,10?,11?,12?,13-,14?,15?,16?,17?/m1/s1. The van der Waals surface area contributed by atoms with Gasteiger partial charge in [0.2, 0.25) is 0 Å². The Labute approximate surface area is 159 Å². The van der Waals surface area contributed by atoms with Crippen LogP contribution in [0.2, 0.25) is 0 Å². The van der Waals surface area contributed by atoms with Gasteiger partial charge in [-0.1, -0.05) is 13.8 Å². The maximum absolute atomic E-state index is 10.5. The molecule has 0 aromatic rings. The SMILES string of the molecule is CC(C)CNC1CC(N)C(OC2OC(C(C)O)C(O)C(O)C2N)[C@H](O)C1O. The Morgan fingerprint density at radius 1 is 1.04 bits per heavy atom. The molecule has 0 amide bonds. The normalized spacial score (nSPS) is 47.2. The minimum Gasteiger partial charge on any atom is -0.391 e. The van der Waals surface area contributed by atoms with Gasteiger partial charge in [-0.25, -0.2) is 0 Å². The molecule has 27 heavy (non-hydrogen) atoms. The van der Waals surface area contributed by atoms with Crippen LogP contribution in [0.3, 0.4) is 0 Å². The summed E-state index contributed by atoms with van der Waals surface area (Å²) in [5, 5.41) is 54.0. The first kappa shape index (κ1) is 22.9. The number of nitrogens with two attached hydrogens (primary N) is 2. The lowest BCUT2D eigenvalue weighted by molar-refractivity contribution is -0.301. The predicted octanol–water partition coefficient (Wildman–Crippen LogP) is -3.41. The number of nitrogens with one attached hydrogen (secondary N) is 1. The first-order valence-corrected chi connectivity index (χ1v) is 9.50. The highest BCUT2D eigenvalue weighted by Crippen LogP contribution is 2.28. The van der Waals surface area contributed by atoms with Crippen LogP contribution in [0.25, 0.3) is 0 Å². The monoisotopic (exact) mass is 393 g/mol. The topological polar surface area (TPSA) is 184 Å². The molecule has 0 bridgehead atoms. The number of hydrogen-bond acceptors (Lipinski definition) is 10. The second-order valence-corrected chi connectivity index (χ2v) is 8.16. The molecule has 1 aliphatic heterocycles. The number of rotatable bonds is 6. The maximum Gasteiger partial charge on any atom is 0.176 e. The van der Waals surface area contributed by atoms with Gasteiger partial charge >= 0.3 is 0 Å². The van der Waals surface area contributed by atoms with Crippen LogP contribution >= 0.6 is 0 Å². The van der Waals surface area contributed by atoms with E-state index in [1.165, 1.54) is 6.92 Å². The average Bonchev–Trinajstić information content (AvgIpc) is 2.59. The third-order valence-electron chi connectivity index (χ3n) is 5.29. The zero-order chi connectivity index (χ0) is 20.5. The summed E-state index contributed by atoms with van der Waals surface area (Å²) in [4.78, 5) is 0. The van der Waals surface area contributed by atoms with Gasteiger partial charge in [0, 0.05) is 12.1 Å². The Bertz CT molecular complexity index is 470. The van der Waals surface area contributed by atoms with Gasteiger partial charge in [-0.05, 0) is 25.8 Å². The largest absolute Gasteiger partial charge is 0.391 e. The first-order valence-electron chi connectivity index (χ1n) is 9.50. The van der Waals surface area contributed by atoms with Gasteiger partial charge in [0.15, 0.2) is 6.29 Å². The summed E-state index contributed by atoms with van der Waals surface area (Å²) >= 11 is 0. The van der Waals surface area contributed by atoms with E-state index in [4.69, 9.17) is 20.9 Å². The van der Waals surface area contributed by atoms with Crippen molar-refractivity contribution in [3.63, 3.8) is 0 Å². The summed E-state index contributed by atoms with van der Waals surface area (Å²) in [7, 11) is 0. The van der Waals surface area contributed by atoms with Crippen molar-refractivity contribution in [2.75, 3.05) is 6.54 Å². The summed E-state index contributed by atoms with van der Waals surface area (Å²) < 4.78 is 11.2. The van der Waals surface area contributed by atoms with Crippen LogP contribution in [-0.2, 0) is 9.47 Å². The van der Waals surface area contributed by atoms with Crippen molar-refractivity contribution in [1.29, 1.82) is 0 Å². The fourth-order valence-corrected chi connectivity index (χ4v) is 3.61. The highest BCUT2D eigenvalue weighted by molar-refractivity contribution is 5.00. The Morgan fingerprint density at radius 2 is 1.67 bits per heavy atom. The van der Waals surface area contributed by atoms with E-state index in [1.54, 1.807) is 0 Å². The summed E-state index contributed by atoms with van der Waals surface area (Å²) in [6.45, 7) is 6.14. The van der Waals surface area contributed by atoms with Crippen LogP contribution in [0.5, 0.6) is 0 Å². The Morgan fingerprint density at radius 3 is 2.22 bits per heavy atom. The Hall–Kier alpha value is -0.400. The number of aliphatic hydroxyl groups is 5. The molecule has 0 aromatic carbocycles. The fraction of sp³-hybridized carbons (Fsp3) is 1.00. The molecule has 2 rings (SSSR count). The molecule has 10 nitrogen and oxygen atoms in total. The molecule has 10 heteroatoms. The van der Waals surface area contributed by atoms with Crippen LogP contribution in [0, 0.1) is 5.92 Å². The molecule has 10 N–H and O–H groups in total. The summed E-state index contributed by atoms with van der Waals surface area (Å²) in [6, 6.07) is -2.10. The van der Waals surface area contributed by atoms with Crippen molar-refractivity contribution in [2.24, 2.45) is 17.4 Å². The molecule has 1 saturated heterocycles. The molecule has 0 radical (unpaired) electrons. The molecule has 1 aliphatic carbocycles. The number of aliphatic hydroxyl groups excluding tert-OH is 5. The lowest BCUT2D eigenvalue weighted by Gasteiger charge is -2.47. The van der Waals surface area contributed by atoms with Gasteiger partial charge in [0.05, 0.1) is 18.2 Å². The molecular formula is C17H35N3O7. The van der Waals surface area contributed by atoms with Gasteiger partial charge in [-0.15, -0.1) is 0 Å². The van der Waals surface area contributed by atoms with E-state index < -0.39 is 61.1 Å². The Kier molecular flexibility index (Phi) is 7.97. The van der Waals surface area contributed by atoms with E-state index in [1.807, 2.05) is 13.8 Å². The number of ether oxygens (including phenoxy) is 2. The number of hydrogen-bond donors (Lipinski definition) is 8. The Balaban J connectivity index is 2.05. The van der Waals surface area contributed by atoms with Crippen molar-refractivity contribution in [3.8, 4) is 0 Å². The maximum atomic E-state index is 10.5. The third kappa shape index (κ3) is 5.15. The molecule has 1 heterocycles. The molecule has 0 spiro atoms. The molecule has 2 aliphatic rings. The molecule has 10 unspecified atom stereocenters. The van der Waals surface area contributed by atoms with Crippen molar-refractivity contribution < 1.29 is 35.0 Å². The molecule has 2 fully saturated rings. The van der Waals surface area contributed by atoms with Gasteiger partial charge in [-0.2, -0.15) is 0 Å². The fourth-order valence-electron chi connectivity index (χ4n) is 3.61. The van der Waals surface area contributed by atoms with Crippen molar-refractivity contribution in [1.82, 2.24) is 5.32 Å². The summed E-state index contributed by atoms with van der Waals surface area (Å²) in [5.41, 5.74) is 12.0. The zero-order valence-electron chi connectivity index (χ0n) is 16.0. The summed E-state index contributed by atoms with van der Waals surface area (Å²) in [6.07, 6.45) is -9.15. The van der Waals surface area contributed by atoms with Gasteiger partial charge in [0.25, 0.3) is 0 Å². The minimum absolute atomic E-state index is 0.364. The van der Waals surface area contributed by atoms with E-state index >= 15 is 0 Å². The van der Waals surface area contributed by atoms with Crippen LogP contribution in [0.1, 0.15) is 27.2 Å². The lowest BCUT2D eigenvalue weighted by Crippen LogP contribution is -2.68. The van der Waals surface area contributed by atoms with Crippen molar-refractivity contribution in [2.45, 2.75) is 94.3 Å². The van der Waals surface area contributed by atoms with E-state index in [0.717, 1.165) is 0 Å². The molecule has 1 saturated carbocycles. The van der Waals surface area contributed by atoms with Crippen LogP contribution in [-0.4, -0.2) is 99.2 Å². The van der Waals surface area contributed by atoms with Crippen LogP contribution < -0.4 is 16.8 Å². The smallest absolute Gasteiger partial charge is 0.176 e. The highest BCUT2D eigenvalue weighted by atomic mass is 16.7. The summed E-state index contributed by atoms with van der Waals surface area (Å²) in [5.74, 6) is 0.374. The lowest BCUT2D eigenvalue weighted by atomic mass is 9.83. The van der Waals surface area contributed by atoms with E-state index in [0.29, 0.717) is 18.9 Å². The quantitative estimate of drug-likeness (QED) is 0.226. The first-order chi connectivity index (χ1) is 12.5. The molecule has 11 atom stereocenters. The second kappa shape index (κ2) is 9.40. The van der Waals surface area contributed by atoms with E-state index in [9.17, 15) is 25.5 Å². The third-order valence-corrected chi connectivity index (χ3v) is 5.29. The molecule has 0 aromatic heterocycles. The van der Waals surface area contributed by atoms with Crippen LogP contribution in [0.15, 0.2) is 0 Å².